The topological polar surface area (TPSA) is 41.4 Å². The van der Waals surface area contributed by atoms with Gasteiger partial charge in [0.25, 0.3) is 5.91 Å². The summed E-state index contributed by atoms with van der Waals surface area (Å²) in [5, 5.41) is 0. The van der Waals surface area contributed by atoms with E-state index in [-0.39, 0.29) is 11.3 Å². The number of nitrogens with zero attached hydrogens (tertiary/aromatic N) is 4. The van der Waals surface area contributed by atoms with Gasteiger partial charge in [-0.05, 0) is 50.1 Å². The van der Waals surface area contributed by atoms with Crippen molar-refractivity contribution in [2.45, 2.75) is 25.8 Å². The van der Waals surface area contributed by atoms with Crippen molar-refractivity contribution in [1.82, 2.24) is 19.4 Å². The minimum absolute atomic E-state index is 0.172. The average molecular weight is 338 g/mol. The van der Waals surface area contributed by atoms with Gasteiger partial charge in [0.05, 0.1) is 5.69 Å². The molecule has 2 aliphatic rings. The smallest absolute Gasteiger partial charge is 0.270 e. The largest absolute Gasteiger partial charge is 0.347 e. The fourth-order valence-electron chi connectivity index (χ4n) is 4.45. The minimum Gasteiger partial charge on any atom is -0.347 e. The van der Waals surface area contributed by atoms with Crippen LogP contribution in [0.5, 0.6) is 0 Å². The van der Waals surface area contributed by atoms with Gasteiger partial charge in [0, 0.05) is 51.0 Å². The van der Waals surface area contributed by atoms with Crippen molar-refractivity contribution in [2.75, 3.05) is 26.2 Å². The molecule has 0 bridgehead atoms. The number of hydrogen-bond donors (Lipinski definition) is 0. The second-order valence-corrected chi connectivity index (χ2v) is 7.62. The zero-order valence-corrected chi connectivity index (χ0v) is 14.9. The van der Waals surface area contributed by atoms with Crippen molar-refractivity contribution < 1.29 is 4.79 Å². The van der Waals surface area contributed by atoms with Crippen molar-refractivity contribution in [3.05, 3.63) is 54.1 Å². The number of likely N-dealkylation sites (tertiary alicyclic amines) is 2. The lowest BCUT2D eigenvalue weighted by atomic mass is 9.79. The van der Waals surface area contributed by atoms with Crippen LogP contribution in [0, 0.1) is 5.41 Å². The van der Waals surface area contributed by atoms with E-state index >= 15 is 0 Å². The van der Waals surface area contributed by atoms with Crippen molar-refractivity contribution in [3.8, 4) is 0 Å². The molecule has 1 unspecified atom stereocenters. The van der Waals surface area contributed by atoms with E-state index in [1.807, 2.05) is 42.2 Å². The van der Waals surface area contributed by atoms with Crippen molar-refractivity contribution in [2.24, 2.45) is 12.5 Å². The normalized spacial score (nSPS) is 24.1. The summed E-state index contributed by atoms with van der Waals surface area (Å²) in [7, 11) is 1.94. The molecule has 2 aromatic rings. The van der Waals surface area contributed by atoms with E-state index in [0.29, 0.717) is 0 Å². The van der Waals surface area contributed by atoms with Crippen LogP contribution >= 0.6 is 0 Å². The number of aromatic nitrogens is 2. The number of amides is 1. The van der Waals surface area contributed by atoms with Gasteiger partial charge >= 0.3 is 0 Å². The number of hydrogen-bond acceptors (Lipinski definition) is 3. The van der Waals surface area contributed by atoms with Gasteiger partial charge in [-0.15, -0.1) is 0 Å². The van der Waals surface area contributed by atoms with E-state index in [2.05, 4.69) is 26.9 Å². The van der Waals surface area contributed by atoms with Gasteiger partial charge in [-0.1, -0.05) is 6.07 Å². The average Bonchev–Trinajstić information content (AvgIpc) is 3.22. The molecule has 2 aliphatic heterocycles. The second kappa shape index (κ2) is 6.64. The Balaban J connectivity index is 1.42. The first-order valence-electron chi connectivity index (χ1n) is 9.18. The summed E-state index contributed by atoms with van der Waals surface area (Å²) in [6, 6.07) is 9.97. The molecule has 1 spiro atoms. The highest BCUT2D eigenvalue weighted by Gasteiger charge is 2.43. The fraction of sp³-hybridized carbons (Fsp3) is 0.500. The molecule has 4 heterocycles. The van der Waals surface area contributed by atoms with Gasteiger partial charge in [0.2, 0.25) is 0 Å². The molecule has 5 nitrogen and oxygen atoms in total. The maximum atomic E-state index is 12.8. The first-order chi connectivity index (χ1) is 12.2. The Kier molecular flexibility index (Phi) is 4.34. The summed E-state index contributed by atoms with van der Waals surface area (Å²) >= 11 is 0. The zero-order chi connectivity index (χ0) is 17.3. The molecular formula is C20H26N4O. The van der Waals surface area contributed by atoms with Gasteiger partial charge in [0.1, 0.15) is 5.69 Å². The summed E-state index contributed by atoms with van der Waals surface area (Å²) in [6.45, 7) is 4.87. The summed E-state index contributed by atoms with van der Waals surface area (Å²) in [6.07, 6.45) is 7.35. The third kappa shape index (κ3) is 3.33. The number of carbonyl (C=O) groups excluding carboxylic acids is 1. The Bertz CT molecular complexity index is 741. The lowest BCUT2D eigenvalue weighted by molar-refractivity contribution is 0.0665. The second-order valence-electron chi connectivity index (χ2n) is 7.62. The van der Waals surface area contributed by atoms with E-state index in [0.717, 1.165) is 50.5 Å². The summed E-state index contributed by atoms with van der Waals surface area (Å²) in [5.41, 5.74) is 2.18. The van der Waals surface area contributed by atoms with Crippen LogP contribution in [0.15, 0.2) is 42.7 Å². The molecule has 2 aromatic heterocycles. The molecule has 25 heavy (non-hydrogen) atoms. The van der Waals surface area contributed by atoms with Crippen LogP contribution in [0.1, 0.15) is 35.4 Å². The van der Waals surface area contributed by atoms with E-state index in [1.54, 1.807) is 0 Å². The van der Waals surface area contributed by atoms with Crippen LogP contribution in [0.4, 0.5) is 0 Å². The number of carbonyl (C=O) groups is 1. The molecule has 5 heteroatoms. The van der Waals surface area contributed by atoms with Crippen LogP contribution in [-0.4, -0.2) is 51.4 Å². The fourth-order valence-corrected chi connectivity index (χ4v) is 4.45. The maximum Gasteiger partial charge on any atom is 0.270 e. The Morgan fingerprint density at radius 3 is 2.84 bits per heavy atom. The molecule has 0 aliphatic carbocycles. The van der Waals surface area contributed by atoms with Gasteiger partial charge in [-0.3, -0.25) is 14.7 Å². The van der Waals surface area contributed by atoms with Gasteiger partial charge in [-0.25, -0.2) is 0 Å². The van der Waals surface area contributed by atoms with Crippen LogP contribution in [0.3, 0.4) is 0 Å². The predicted octanol–water partition coefficient (Wildman–Crippen LogP) is 2.55. The number of pyridine rings is 1. The molecule has 0 saturated carbocycles. The third-order valence-corrected chi connectivity index (χ3v) is 5.74. The van der Waals surface area contributed by atoms with Crippen LogP contribution in [-0.2, 0) is 13.6 Å². The Morgan fingerprint density at radius 1 is 1.16 bits per heavy atom. The Labute approximate surface area is 149 Å². The Morgan fingerprint density at radius 2 is 2.08 bits per heavy atom. The molecule has 1 atom stereocenters. The molecule has 2 saturated heterocycles. The number of piperidine rings is 1. The lowest BCUT2D eigenvalue weighted by Gasteiger charge is -2.40. The Hall–Kier alpha value is -2.14. The summed E-state index contributed by atoms with van der Waals surface area (Å²) in [4.78, 5) is 21.8. The standard InChI is InChI=1S/C20H26N4O/c1-22-11-4-7-18(22)19(25)24-13-9-20(16-24)8-5-12-23(15-20)14-17-6-2-3-10-21-17/h2-4,6-7,10-11H,5,8-9,12-16H2,1H3. The SMILES string of the molecule is Cn1cccc1C(=O)N1CCC2(CCCN(Cc3ccccn3)C2)C1. The molecular weight excluding hydrogens is 312 g/mol. The highest BCUT2D eigenvalue weighted by molar-refractivity contribution is 5.93. The van der Waals surface area contributed by atoms with E-state index in [9.17, 15) is 4.79 Å². The molecule has 132 valence electrons. The monoisotopic (exact) mass is 338 g/mol. The van der Waals surface area contributed by atoms with Crippen molar-refractivity contribution >= 4 is 5.91 Å². The highest BCUT2D eigenvalue weighted by atomic mass is 16.2. The molecule has 2 fully saturated rings. The van der Waals surface area contributed by atoms with Gasteiger partial charge in [0.15, 0.2) is 0 Å². The van der Waals surface area contributed by atoms with Gasteiger partial charge in [-0.2, -0.15) is 0 Å². The van der Waals surface area contributed by atoms with Gasteiger partial charge < -0.3 is 9.47 Å². The maximum absolute atomic E-state index is 12.8. The van der Waals surface area contributed by atoms with E-state index < -0.39 is 0 Å². The van der Waals surface area contributed by atoms with E-state index in [1.165, 1.54) is 12.8 Å². The first kappa shape index (κ1) is 16.3. The minimum atomic E-state index is 0.172. The third-order valence-electron chi connectivity index (χ3n) is 5.74. The number of aryl methyl sites for hydroxylation is 1. The van der Waals surface area contributed by atoms with Crippen LogP contribution < -0.4 is 0 Å². The first-order valence-corrected chi connectivity index (χ1v) is 9.18. The zero-order valence-electron chi connectivity index (χ0n) is 14.9. The lowest BCUT2D eigenvalue weighted by Crippen LogP contribution is -2.45. The quantitative estimate of drug-likeness (QED) is 0.864. The summed E-state index contributed by atoms with van der Waals surface area (Å²) in [5.74, 6) is 0.172. The van der Waals surface area contributed by atoms with Crippen molar-refractivity contribution in [3.63, 3.8) is 0 Å². The molecule has 0 aromatic carbocycles. The van der Waals surface area contributed by atoms with Crippen LogP contribution in [0.2, 0.25) is 0 Å². The summed E-state index contributed by atoms with van der Waals surface area (Å²) < 4.78 is 1.92. The molecule has 1 amide bonds. The number of rotatable bonds is 3. The van der Waals surface area contributed by atoms with Crippen LogP contribution in [0.25, 0.3) is 0 Å². The highest BCUT2D eigenvalue weighted by Crippen LogP contribution is 2.39. The van der Waals surface area contributed by atoms with E-state index in [4.69, 9.17) is 0 Å². The van der Waals surface area contributed by atoms with Crippen molar-refractivity contribution in [1.29, 1.82) is 0 Å². The molecule has 4 rings (SSSR count). The molecule has 0 N–H and O–H groups in total. The predicted molar refractivity (Wildman–Crippen MR) is 97.1 cm³/mol. The molecule has 0 radical (unpaired) electrons.